The number of benzene rings is 1. The highest BCUT2D eigenvalue weighted by atomic mass is 32.2. The van der Waals surface area contributed by atoms with Gasteiger partial charge in [0.05, 0.1) is 16.8 Å². The quantitative estimate of drug-likeness (QED) is 0.508. The highest BCUT2D eigenvalue weighted by Gasteiger charge is 2.24. The Balaban J connectivity index is 0.000000293. The molecule has 5 heteroatoms. The lowest BCUT2D eigenvalue weighted by Crippen LogP contribution is -2.06. The van der Waals surface area contributed by atoms with Gasteiger partial charge < -0.3 is 10.2 Å². The molecule has 142 valence electrons. The van der Waals surface area contributed by atoms with E-state index in [0.29, 0.717) is 17.4 Å². The highest BCUT2D eigenvalue weighted by Crippen LogP contribution is 2.40. The van der Waals surface area contributed by atoms with Crippen molar-refractivity contribution in [3.8, 4) is 0 Å². The number of unbranched alkanes of at least 4 members (excludes halogenated alkanes) is 6. The number of carbonyl (C=O) groups is 1. The second-order valence-corrected chi connectivity index (χ2v) is 9.33. The number of carboxylic acids is 1. The van der Waals surface area contributed by atoms with Crippen LogP contribution in [0.15, 0.2) is 30.3 Å². The number of aliphatic hydroxyl groups excluding tert-OH is 1. The van der Waals surface area contributed by atoms with Crippen molar-refractivity contribution >= 4 is 29.5 Å². The third kappa shape index (κ3) is 10.8. The van der Waals surface area contributed by atoms with Gasteiger partial charge in [-0.2, -0.15) is 0 Å². The molecule has 1 fully saturated rings. The predicted molar refractivity (Wildman–Crippen MR) is 111 cm³/mol. The molecular weight excluding hydrogens is 352 g/mol. The fraction of sp³-hybridized carbons (Fsp3) is 0.650. The Kier molecular flexibility index (Phi) is 13.0. The van der Waals surface area contributed by atoms with Crippen LogP contribution in [-0.4, -0.2) is 38.4 Å². The smallest absolute Gasteiger partial charge is 0.335 e. The number of rotatable bonds is 10. The summed E-state index contributed by atoms with van der Waals surface area (Å²) in [5, 5.41) is 17.9. The first-order chi connectivity index (χ1) is 12.2. The van der Waals surface area contributed by atoms with Crippen molar-refractivity contribution in [2.75, 3.05) is 12.4 Å². The van der Waals surface area contributed by atoms with Gasteiger partial charge in [-0.3, -0.25) is 0 Å². The summed E-state index contributed by atoms with van der Waals surface area (Å²) in [6.45, 7) is 2.64. The molecule has 0 aliphatic carbocycles. The molecule has 0 radical (unpaired) electrons. The summed E-state index contributed by atoms with van der Waals surface area (Å²) in [5.41, 5.74) is 0.331. The van der Waals surface area contributed by atoms with E-state index >= 15 is 0 Å². The lowest BCUT2D eigenvalue weighted by molar-refractivity contribution is 0.0697. The molecule has 0 unspecified atom stereocenters. The van der Waals surface area contributed by atoms with Gasteiger partial charge in [0.25, 0.3) is 0 Å². The molecule has 0 aromatic heterocycles. The Bertz CT molecular complexity index is 454. The van der Waals surface area contributed by atoms with Crippen molar-refractivity contribution < 1.29 is 15.0 Å². The predicted octanol–water partition coefficient (Wildman–Crippen LogP) is 5.68. The Hall–Kier alpha value is -0.650. The molecule has 25 heavy (non-hydrogen) atoms. The molecule has 0 spiro atoms. The Morgan fingerprint density at radius 2 is 1.72 bits per heavy atom. The van der Waals surface area contributed by atoms with E-state index in [1.165, 1.54) is 51.4 Å². The molecule has 2 atom stereocenters. The SMILES string of the molecule is CCCCCCCCC[C@@H]1SC[C@H](CO)S1.O=C(O)c1ccccc1. The van der Waals surface area contributed by atoms with Gasteiger partial charge in [-0.05, 0) is 18.6 Å². The van der Waals surface area contributed by atoms with E-state index in [-0.39, 0.29) is 0 Å². The molecule has 3 nitrogen and oxygen atoms in total. The summed E-state index contributed by atoms with van der Waals surface area (Å²) < 4.78 is 0.771. The lowest BCUT2D eigenvalue weighted by Gasteiger charge is -2.08. The van der Waals surface area contributed by atoms with Gasteiger partial charge in [-0.25, -0.2) is 4.79 Å². The monoisotopic (exact) mass is 384 g/mol. The van der Waals surface area contributed by atoms with E-state index in [1.807, 2.05) is 23.5 Å². The fourth-order valence-electron chi connectivity index (χ4n) is 2.60. The van der Waals surface area contributed by atoms with Gasteiger partial charge >= 0.3 is 5.97 Å². The maximum absolute atomic E-state index is 10.2. The molecular formula is C20H32O3S2. The Morgan fingerprint density at radius 3 is 2.24 bits per heavy atom. The molecule has 1 aliphatic heterocycles. The van der Waals surface area contributed by atoms with Gasteiger partial charge in [0.15, 0.2) is 0 Å². The molecule has 0 amide bonds. The largest absolute Gasteiger partial charge is 0.478 e. The summed E-state index contributed by atoms with van der Waals surface area (Å²) in [5.74, 6) is 0.276. The van der Waals surface area contributed by atoms with Crippen molar-refractivity contribution in [2.24, 2.45) is 0 Å². The standard InChI is InChI=1S/C13H26OS2.C7H6O2/c1-2-3-4-5-6-7-8-9-13-15-11-12(10-14)16-13;8-7(9)6-4-2-1-3-5-6/h12-14H,2-11H2,1H3;1-5H,(H,8,9)/t12-,13+;/m0./s1. The van der Waals surface area contributed by atoms with Gasteiger partial charge in [-0.1, -0.05) is 70.1 Å². The second-order valence-electron chi connectivity index (χ2n) is 6.28. The molecule has 1 aliphatic rings. The molecule has 2 N–H and O–H groups in total. The second kappa shape index (κ2) is 14.5. The van der Waals surface area contributed by atoms with Crippen molar-refractivity contribution in [1.82, 2.24) is 0 Å². The summed E-state index contributed by atoms with van der Waals surface area (Å²) in [6.07, 6.45) is 11.2. The van der Waals surface area contributed by atoms with E-state index in [0.717, 1.165) is 10.3 Å². The number of thioether (sulfide) groups is 2. The summed E-state index contributed by atoms with van der Waals surface area (Å²) >= 11 is 4.05. The third-order valence-corrected chi connectivity index (χ3v) is 7.47. The average Bonchev–Trinajstić information content (AvgIpc) is 3.10. The van der Waals surface area contributed by atoms with Crippen LogP contribution in [0.25, 0.3) is 0 Å². The van der Waals surface area contributed by atoms with E-state index < -0.39 is 5.97 Å². The molecule has 1 saturated heterocycles. The van der Waals surface area contributed by atoms with Crippen LogP contribution in [0.1, 0.15) is 68.6 Å². The summed E-state index contributed by atoms with van der Waals surface area (Å²) in [4.78, 5) is 10.2. The molecule has 1 heterocycles. The van der Waals surface area contributed by atoms with Crippen LogP contribution in [-0.2, 0) is 0 Å². The number of hydrogen-bond donors (Lipinski definition) is 2. The molecule has 1 aromatic carbocycles. The van der Waals surface area contributed by atoms with Gasteiger partial charge in [-0.15, -0.1) is 23.5 Å². The third-order valence-electron chi connectivity index (χ3n) is 4.08. The lowest BCUT2D eigenvalue weighted by atomic mass is 10.1. The van der Waals surface area contributed by atoms with Crippen molar-refractivity contribution in [2.45, 2.75) is 68.1 Å². The summed E-state index contributed by atoms with van der Waals surface area (Å²) in [7, 11) is 0. The van der Waals surface area contributed by atoms with Crippen LogP contribution in [0.5, 0.6) is 0 Å². The van der Waals surface area contributed by atoms with Gasteiger partial charge in [0.1, 0.15) is 0 Å². The number of carboxylic acid groups (broad SMARTS) is 1. The zero-order valence-electron chi connectivity index (χ0n) is 15.2. The Labute approximate surface area is 161 Å². The van der Waals surface area contributed by atoms with Crippen molar-refractivity contribution in [1.29, 1.82) is 0 Å². The van der Waals surface area contributed by atoms with E-state index in [9.17, 15) is 4.79 Å². The molecule has 1 aromatic rings. The average molecular weight is 385 g/mol. The number of aliphatic hydroxyl groups is 1. The first-order valence-electron chi connectivity index (χ1n) is 9.33. The topological polar surface area (TPSA) is 57.5 Å². The minimum absolute atomic E-state index is 0.331. The van der Waals surface area contributed by atoms with Crippen LogP contribution >= 0.6 is 23.5 Å². The minimum Gasteiger partial charge on any atom is -0.478 e. The zero-order valence-corrected chi connectivity index (χ0v) is 16.9. The minimum atomic E-state index is -0.879. The van der Waals surface area contributed by atoms with Crippen LogP contribution in [0.2, 0.25) is 0 Å². The zero-order chi connectivity index (χ0) is 18.3. The van der Waals surface area contributed by atoms with E-state index in [1.54, 1.807) is 30.3 Å². The number of aromatic carboxylic acids is 1. The number of hydrogen-bond acceptors (Lipinski definition) is 4. The normalized spacial score (nSPS) is 19.3. The van der Waals surface area contributed by atoms with Crippen LogP contribution in [0.4, 0.5) is 0 Å². The van der Waals surface area contributed by atoms with Gasteiger partial charge in [0, 0.05) is 11.0 Å². The van der Waals surface area contributed by atoms with Crippen LogP contribution in [0.3, 0.4) is 0 Å². The molecule has 0 saturated carbocycles. The molecule has 2 rings (SSSR count). The molecule has 0 bridgehead atoms. The fourth-order valence-corrected chi connectivity index (χ4v) is 5.86. The van der Waals surface area contributed by atoms with Crippen LogP contribution in [0, 0.1) is 0 Å². The van der Waals surface area contributed by atoms with Gasteiger partial charge in [0.2, 0.25) is 0 Å². The summed E-state index contributed by atoms with van der Waals surface area (Å²) in [6, 6.07) is 8.30. The first-order valence-corrected chi connectivity index (χ1v) is 11.3. The first kappa shape index (κ1) is 22.4. The maximum Gasteiger partial charge on any atom is 0.335 e. The maximum atomic E-state index is 10.2. The van der Waals surface area contributed by atoms with Crippen LogP contribution < -0.4 is 0 Å². The van der Waals surface area contributed by atoms with E-state index in [4.69, 9.17) is 10.2 Å². The van der Waals surface area contributed by atoms with E-state index in [2.05, 4.69) is 6.92 Å². The van der Waals surface area contributed by atoms with Crippen molar-refractivity contribution in [3.05, 3.63) is 35.9 Å². The van der Waals surface area contributed by atoms with Crippen molar-refractivity contribution in [3.63, 3.8) is 0 Å². The Morgan fingerprint density at radius 1 is 1.08 bits per heavy atom. The highest BCUT2D eigenvalue weighted by molar-refractivity contribution is 8.20.